The SMILES string of the molecule is CCC(CO)OC(COC(=O)CCCC(=O)NCCSC1CC(=O)N(CCC(=O)NCCOCCOCCOCCOCCOCCOCCOCCOCCOCCOCCOCCOCCC(=O)NC)C1=O)OC. The third-order valence-electron chi connectivity index (χ3n) is 10.4. The Labute approximate surface area is 452 Å². The highest BCUT2D eigenvalue weighted by Gasteiger charge is 2.38. The summed E-state index contributed by atoms with van der Waals surface area (Å²) in [6.45, 7) is 12.4. The largest absolute Gasteiger partial charge is 0.460 e. The molecular weight excluding hydrogens is 1030 g/mol. The van der Waals surface area contributed by atoms with Crippen LogP contribution in [0, 0.1) is 0 Å². The molecule has 444 valence electrons. The van der Waals surface area contributed by atoms with Gasteiger partial charge in [0.25, 0.3) is 0 Å². The minimum Gasteiger partial charge on any atom is -0.460 e. The third kappa shape index (κ3) is 42.7. The van der Waals surface area contributed by atoms with Gasteiger partial charge in [-0.2, -0.15) is 0 Å². The Kier molecular flexibility index (Phi) is 48.9. The highest BCUT2D eigenvalue weighted by molar-refractivity contribution is 8.00. The van der Waals surface area contributed by atoms with Crippen LogP contribution >= 0.6 is 11.8 Å². The lowest BCUT2D eigenvalue weighted by Gasteiger charge is -2.21. The van der Waals surface area contributed by atoms with Crippen LogP contribution in [0.4, 0.5) is 0 Å². The van der Waals surface area contributed by atoms with Gasteiger partial charge in [0.05, 0.1) is 177 Å². The van der Waals surface area contributed by atoms with E-state index in [1.807, 2.05) is 6.92 Å². The zero-order valence-electron chi connectivity index (χ0n) is 45.3. The van der Waals surface area contributed by atoms with Crippen molar-refractivity contribution in [2.24, 2.45) is 0 Å². The van der Waals surface area contributed by atoms with Gasteiger partial charge in [-0.25, -0.2) is 0 Å². The van der Waals surface area contributed by atoms with Crippen LogP contribution in [0.5, 0.6) is 0 Å². The lowest BCUT2D eigenvalue weighted by Crippen LogP contribution is -2.36. The number of amides is 5. The van der Waals surface area contributed by atoms with E-state index in [9.17, 15) is 33.9 Å². The predicted molar refractivity (Wildman–Crippen MR) is 275 cm³/mol. The molecule has 0 aromatic heterocycles. The molecule has 0 aromatic carbocycles. The van der Waals surface area contributed by atoms with Crippen molar-refractivity contribution in [1.82, 2.24) is 20.9 Å². The van der Waals surface area contributed by atoms with E-state index in [0.29, 0.717) is 171 Å². The summed E-state index contributed by atoms with van der Waals surface area (Å²) < 4.78 is 81.3. The second-order valence-corrected chi connectivity index (χ2v) is 17.5. The van der Waals surface area contributed by atoms with E-state index in [-0.39, 0.29) is 101 Å². The molecule has 0 spiro atoms. The summed E-state index contributed by atoms with van der Waals surface area (Å²) in [6, 6.07) is 0. The first-order valence-electron chi connectivity index (χ1n) is 26.2. The zero-order chi connectivity index (χ0) is 55.4. The van der Waals surface area contributed by atoms with Crippen molar-refractivity contribution < 1.29 is 105 Å². The zero-order valence-corrected chi connectivity index (χ0v) is 46.1. The summed E-state index contributed by atoms with van der Waals surface area (Å²) in [4.78, 5) is 74.1. The normalized spacial score (nSPS) is 14.3. The second kappa shape index (κ2) is 52.5. The van der Waals surface area contributed by atoms with Crippen molar-refractivity contribution in [1.29, 1.82) is 0 Å². The van der Waals surface area contributed by atoms with Crippen molar-refractivity contribution in [3.8, 4) is 0 Å². The minimum atomic E-state index is -0.803. The number of hydrogen-bond acceptors (Lipinski definition) is 23. The molecule has 0 aliphatic carbocycles. The molecule has 0 aromatic rings. The highest BCUT2D eigenvalue weighted by atomic mass is 32.2. The van der Waals surface area contributed by atoms with Gasteiger partial charge in [0, 0.05) is 71.6 Å². The number of rotatable bonds is 57. The maximum absolute atomic E-state index is 12.8. The third-order valence-corrected chi connectivity index (χ3v) is 11.6. The number of carbonyl (C=O) groups excluding carboxylic acids is 6. The maximum Gasteiger partial charge on any atom is 0.305 e. The fraction of sp³-hybridized carbons (Fsp3) is 0.878. The van der Waals surface area contributed by atoms with Gasteiger partial charge in [0.2, 0.25) is 29.5 Å². The van der Waals surface area contributed by atoms with E-state index in [1.165, 1.54) is 18.9 Å². The summed E-state index contributed by atoms with van der Waals surface area (Å²) >= 11 is 1.26. The molecule has 76 heavy (non-hydrogen) atoms. The van der Waals surface area contributed by atoms with Crippen molar-refractivity contribution in [2.75, 3.05) is 211 Å². The summed E-state index contributed by atoms with van der Waals surface area (Å²) in [6.07, 6.45) is 0.0861. The van der Waals surface area contributed by atoms with E-state index in [1.54, 1.807) is 7.05 Å². The van der Waals surface area contributed by atoms with Crippen LogP contribution in [-0.2, 0) is 99.8 Å². The van der Waals surface area contributed by atoms with E-state index >= 15 is 0 Å². The Morgan fingerprint density at radius 2 is 1.00 bits per heavy atom. The van der Waals surface area contributed by atoms with Crippen molar-refractivity contribution >= 4 is 47.3 Å². The molecule has 1 saturated heterocycles. The van der Waals surface area contributed by atoms with Crippen LogP contribution in [0.2, 0.25) is 0 Å². The van der Waals surface area contributed by atoms with Gasteiger partial charge in [-0.1, -0.05) is 6.92 Å². The minimum absolute atomic E-state index is 0.0220. The van der Waals surface area contributed by atoms with E-state index in [2.05, 4.69) is 16.0 Å². The van der Waals surface area contributed by atoms with Crippen LogP contribution in [0.1, 0.15) is 51.9 Å². The predicted octanol–water partition coefficient (Wildman–Crippen LogP) is -0.722. The Morgan fingerprint density at radius 3 is 1.42 bits per heavy atom. The maximum atomic E-state index is 12.8. The Bertz CT molecular complexity index is 1460. The second-order valence-electron chi connectivity index (χ2n) is 16.2. The molecule has 4 N–H and O–H groups in total. The summed E-state index contributed by atoms with van der Waals surface area (Å²) in [5.41, 5.74) is 0. The number of thioether (sulfide) groups is 1. The molecule has 0 saturated carbocycles. The van der Waals surface area contributed by atoms with E-state index in [0.717, 1.165) is 4.90 Å². The molecule has 1 rings (SSSR count). The Balaban J connectivity index is 1.81. The molecule has 3 unspecified atom stereocenters. The number of methoxy groups -OCH3 is 1. The highest BCUT2D eigenvalue weighted by Crippen LogP contribution is 2.25. The number of likely N-dealkylation sites (tertiary alicyclic amines) is 1. The number of nitrogens with zero attached hydrogens (tertiary/aromatic N) is 1. The van der Waals surface area contributed by atoms with Crippen LogP contribution in [-0.4, -0.2) is 274 Å². The molecule has 3 atom stereocenters. The molecule has 5 amide bonds. The number of ether oxygens (including phenoxy) is 15. The van der Waals surface area contributed by atoms with Gasteiger partial charge < -0.3 is 92.1 Å². The topological polar surface area (TPSA) is 300 Å². The summed E-state index contributed by atoms with van der Waals surface area (Å²) in [5.74, 6) is -1.42. The van der Waals surface area contributed by atoms with Gasteiger partial charge in [0.15, 0.2) is 6.29 Å². The number of nitrogens with one attached hydrogen (secondary N) is 3. The van der Waals surface area contributed by atoms with Gasteiger partial charge >= 0.3 is 5.97 Å². The van der Waals surface area contributed by atoms with Gasteiger partial charge in [0.1, 0.15) is 6.61 Å². The van der Waals surface area contributed by atoms with E-state index < -0.39 is 23.6 Å². The molecule has 1 fully saturated rings. The molecule has 1 heterocycles. The fourth-order valence-electron chi connectivity index (χ4n) is 6.15. The standard InChI is InChI=1S/C49H90N4O22S/c1-4-41(39-54)75-48(61-3)40-74-47(59)7-5-6-44(56)52-11-37-76-42-38-46(58)53(49(42)60)12-8-45(57)51-10-14-63-16-18-65-20-22-67-24-26-69-28-30-71-32-34-73-36-35-72-33-31-70-29-27-68-25-23-66-21-19-64-17-15-62-13-9-43(55)50-2/h41-42,48,54H,4-40H2,1-3H3,(H,50,55)(H,51,57)(H,52,56). The molecular formula is C49H90N4O22S. The summed E-state index contributed by atoms with van der Waals surface area (Å²) in [5, 5.41) is 16.7. The smallest absolute Gasteiger partial charge is 0.305 e. The molecule has 0 bridgehead atoms. The number of imide groups is 1. The molecule has 26 nitrogen and oxygen atoms in total. The van der Waals surface area contributed by atoms with Crippen molar-refractivity contribution in [3.05, 3.63) is 0 Å². The first-order chi connectivity index (χ1) is 37.1. The van der Waals surface area contributed by atoms with E-state index in [4.69, 9.17) is 71.1 Å². The number of esters is 1. The van der Waals surface area contributed by atoms with Crippen LogP contribution < -0.4 is 16.0 Å². The number of hydrogen-bond donors (Lipinski definition) is 4. The number of carbonyl (C=O) groups is 6. The molecule has 0 radical (unpaired) electrons. The molecule has 27 heteroatoms. The van der Waals surface area contributed by atoms with Crippen LogP contribution in [0.15, 0.2) is 0 Å². The van der Waals surface area contributed by atoms with Crippen LogP contribution in [0.3, 0.4) is 0 Å². The van der Waals surface area contributed by atoms with Crippen LogP contribution in [0.25, 0.3) is 0 Å². The Morgan fingerprint density at radius 1 is 0.579 bits per heavy atom. The number of aliphatic hydroxyl groups excluding tert-OH is 1. The molecule has 1 aliphatic rings. The monoisotopic (exact) mass is 1120 g/mol. The number of aliphatic hydroxyl groups is 1. The van der Waals surface area contributed by atoms with Crippen molar-refractivity contribution in [3.63, 3.8) is 0 Å². The fourth-order valence-corrected chi connectivity index (χ4v) is 7.18. The van der Waals surface area contributed by atoms with Crippen molar-refractivity contribution in [2.45, 2.75) is 69.5 Å². The lowest BCUT2D eigenvalue weighted by atomic mass is 10.2. The quantitative estimate of drug-likeness (QED) is 0.0253. The van der Waals surface area contributed by atoms with Gasteiger partial charge in [-0.05, 0) is 12.8 Å². The van der Waals surface area contributed by atoms with Gasteiger partial charge in [-0.3, -0.25) is 33.7 Å². The first kappa shape index (κ1) is 70.8. The summed E-state index contributed by atoms with van der Waals surface area (Å²) in [7, 11) is 3.00. The average Bonchev–Trinajstić information content (AvgIpc) is 3.69. The van der Waals surface area contributed by atoms with Gasteiger partial charge in [-0.15, -0.1) is 11.8 Å². The average molecular weight is 1120 g/mol. The lowest BCUT2D eigenvalue weighted by molar-refractivity contribution is -0.194. The first-order valence-corrected chi connectivity index (χ1v) is 27.3. The Hall–Kier alpha value is -3.23. The molecule has 1 aliphatic heterocycles.